The largest absolute Gasteiger partial charge is 0.469 e. The predicted molar refractivity (Wildman–Crippen MR) is 71.6 cm³/mol. The molecule has 1 atom stereocenters. The van der Waals surface area contributed by atoms with Crippen LogP contribution in [-0.2, 0) is 23.8 Å². The van der Waals surface area contributed by atoms with Gasteiger partial charge in [-0.2, -0.15) is 0 Å². The van der Waals surface area contributed by atoms with E-state index in [0.717, 1.165) is 5.56 Å². The summed E-state index contributed by atoms with van der Waals surface area (Å²) < 4.78 is 15.5. The van der Waals surface area contributed by atoms with Crippen LogP contribution >= 0.6 is 0 Å². The summed E-state index contributed by atoms with van der Waals surface area (Å²) in [7, 11) is 1.34. The molecule has 1 aromatic rings. The SMILES string of the molecule is COC(=O)CCCC(=O)N1C2OC(O2)C1c1ccccc1. The fourth-order valence-corrected chi connectivity index (χ4v) is 2.64. The number of carbonyl (C=O) groups is 2. The van der Waals surface area contributed by atoms with Gasteiger partial charge < -0.3 is 14.2 Å². The Balaban J connectivity index is 1.64. The molecule has 6 heteroatoms. The summed E-state index contributed by atoms with van der Waals surface area (Å²) in [5.41, 5.74) is 0.990. The van der Waals surface area contributed by atoms with E-state index in [2.05, 4.69) is 4.74 Å². The van der Waals surface area contributed by atoms with Gasteiger partial charge in [-0.1, -0.05) is 30.3 Å². The number of ether oxygens (including phenoxy) is 3. The monoisotopic (exact) mass is 291 g/mol. The summed E-state index contributed by atoms with van der Waals surface area (Å²) in [6.45, 7) is 0. The summed E-state index contributed by atoms with van der Waals surface area (Å²) in [6.07, 6.45) is -0.00948. The number of rotatable bonds is 5. The molecule has 0 radical (unpaired) electrons. The highest BCUT2D eigenvalue weighted by Gasteiger charge is 2.56. The Morgan fingerprint density at radius 3 is 2.57 bits per heavy atom. The van der Waals surface area contributed by atoms with E-state index in [-0.39, 0.29) is 37.0 Å². The van der Waals surface area contributed by atoms with Gasteiger partial charge >= 0.3 is 5.97 Å². The van der Waals surface area contributed by atoms with Crippen molar-refractivity contribution in [1.82, 2.24) is 4.90 Å². The van der Waals surface area contributed by atoms with Crippen molar-refractivity contribution in [3.05, 3.63) is 35.9 Å². The predicted octanol–water partition coefficient (Wildman–Crippen LogP) is 1.57. The minimum absolute atomic E-state index is 0.0715. The Bertz CT molecular complexity index is 526. The molecule has 3 aliphatic rings. The molecule has 1 amide bonds. The molecular weight excluding hydrogens is 274 g/mol. The van der Waals surface area contributed by atoms with E-state index in [1.807, 2.05) is 30.3 Å². The molecule has 1 aromatic carbocycles. The molecule has 6 nitrogen and oxygen atoms in total. The lowest BCUT2D eigenvalue weighted by molar-refractivity contribution is -0.357. The molecule has 3 fully saturated rings. The Morgan fingerprint density at radius 1 is 1.19 bits per heavy atom. The van der Waals surface area contributed by atoms with Crippen molar-refractivity contribution in [3.8, 4) is 0 Å². The smallest absolute Gasteiger partial charge is 0.305 e. The number of benzene rings is 1. The Kier molecular flexibility index (Phi) is 3.90. The number of esters is 1. The zero-order valence-corrected chi connectivity index (χ0v) is 11.7. The molecule has 21 heavy (non-hydrogen) atoms. The minimum atomic E-state index is -0.592. The van der Waals surface area contributed by atoms with Gasteiger partial charge in [0.1, 0.15) is 6.04 Å². The molecule has 112 valence electrons. The number of carbonyl (C=O) groups excluding carboxylic acids is 2. The quantitative estimate of drug-likeness (QED) is 0.770. The van der Waals surface area contributed by atoms with Gasteiger partial charge in [0.15, 0.2) is 6.29 Å². The summed E-state index contributed by atoms with van der Waals surface area (Å²) in [4.78, 5) is 25.0. The van der Waals surface area contributed by atoms with Crippen LogP contribution in [0.15, 0.2) is 30.3 Å². The van der Waals surface area contributed by atoms with Gasteiger partial charge in [0, 0.05) is 12.8 Å². The van der Waals surface area contributed by atoms with Crippen LogP contribution < -0.4 is 0 Å². The lowest BCUT2D eigenvalue weighted by atomic mass is 10.1. The molecule has 3 heterocycles. The Morgan fingerprint density at radius 2 is 1.90 bits per heavy atom. The van der Waals surface area contributed by atoms with Crippen LogP contribution in [0.5, 0.6) is 0 Å². The van der Waals surface area contributed by atoms with E-state index < -0.39 is 6.41 Å². The van der Waals surface area contributed by atoms with Crippen LogP contribution in [0.3, 0.4) is 0 Å². The second kappa shape index (κ2) is 5.83. The first-order valence-electron chi connectivity index (χ1n) is 6.94. The van der Waals surface area contributed by atoms with Crippen molar-refractivity contribution in [2.24, 2.45) is 0 Å². The summed E-state index contributed by atoms with van der Waals surface area (Å²) in [5, 5.41) is 0. The maximum Gasteiger partial charge on any atom is 0.305 e. The molecule has 3 aliphatic heterocycles. The van der Waals surface area contributed by atoms with E-state index in [9.17, 15) is 9.59 Å². The first-order valence-corrected chi connectivity index (χ1v) is 6.94. The van der Waals surface area contributed by atoms with Crippen LogP contribution in [-0.4, -0.2) is 36.6 Å². The van der Waals surface area contributed by atoms with Gasteiger partial charge in [-0.05, 0) is 12.0 Å². The van der Waals surface area contributed by atoms with E-state index in [4.69, 9.17) is 9.47 Å². The van der Waals surface area contributed by atoms with E-state index in [0.29, 0.717) is 6.42 Å². The zero-order chi connectivity index (χ0) is 14.8. The fourth-order valence-electron chi connectivity index (χ4n) is 2.64. The van der Waals surface area contributed by atoms with E-state index in [1.165, 1.54) is 7.11 Å². The molecule has 2 bridgehead atoms. The van der Waals surface area contributed by atoms with Crippen LogP contribution in [0.1, 0.15) is 30.9 Å². The molecule has 1 unspecified atom stereocenters. The van der Waals surface area contributed by atoms with Gasteiger partial charge in [-0.25, -0.2) is 0 Å². The average molecular weight is 291 g/mol. The number of fused-ring (bicyclic) bond motifs is 1. The molecule has 0 aliphatic carbocycles. The summed E-state index contributed by atoms with van der Waals surface area (Å²) >= 11 is 0. The normalized spacial score (nSPS) is 26.3. The second-order valence-corrected chi connectivity index (χ2v) is 5.03. The third-order valence-corrected chi connectivity index (χ3v) is 3.71. The Labute approximate surface area is 122 Å². The van der Waals surface area contributed by atoms with E-state index >= 15 is 0 Å². The highest BCUT2D eigenvalue weighted by atomic mass is 16.9. The highest BCUT2D eigenvalue weighted by molar-refractivity contribution is 5.78. The van der Waals surface area contributed by atoms with Crippen molar-refractivity contribution in [3.63, 3.8) is 0 Å². The van der Waals surface area contributed by atoms with Crippen molar-refractivity contribution in [2.45, 2.75) is 38.0 Å². The topological polar surface area (TPSA) is 65.1 Å². The second-order valence-electron chi connectivity index (χ2n) is 5.03. The number of nitrogens with zero attached hydrogens (tertiary/aromatic N) is 1. The van der Waals surface area contributed by atoms with Gasteiger partial charge in [-0.3, -0.25) is 14.5 Å². The third kappa shape index (κ3) is 2.64. The molecular formula is C15H17NO5. The third-order valence-electron chi connectivity index (χ3n) is 3.71. The standard InChI is InChI=1S/C15H17NO5/c1-19-12(18)9-5-8-11(17)16-13(14-20-15(16)21-14)10-6-3-2-4-7-10/h2-4,6-7,13-15H,5,8-9H2,1H3. The van der Waals surface area contributed by atoms with Crippen LogP contribution in [0.2, 0.25) is 0 Å². The van der Waals surface area contributed by atoms with E-state index in [1.54, 1.807) is 4.90 Å². The van der Waals surface area contributed by atoms with Crippen molar-refractivity contribution in [2.75, 3.05) is 7.11 Å². The molecule has 0 spiro atoms. The van der Waals surface area contributed by atoms with Gasteiger partial charge in [0.25, 0.3) is 0 Å². The van der Waals surface area contributed by atoms with Crippen molar-refractivity contribution >= 4 is 11.9 Å². The lowest BCUT2D eigenvalue weighted by Gasteiger charge is -2.25. The Hall–Kier alpha value is -1.92. The van der Waals surface area contributed by atoms with Crippen LogP contribution in [0, 0.1) is 0 Å². The number of methoxy groups -OCH3 is 1. The molecule has 0 aromatic heterocycles. The van der Waals surface area contributed by atoms with Crippen molar-refractivity contribution in [1.29, 1.82) is 0 Å². The maximum atomic E-state index is 12.3. The summed E-state index contributed by atoms with van der Waals surface area (Å²) in [6, 6.07) is 9.46. The molecule has 4 rings (SSSR count). The zero-order valence-electron chi connectivity index (χ0n) is 11.7. The van der Waals surface area contributed by atoms with Crippen LogP contribution in [0.4, 0.5) is 0 Å². The van der Waals surface area contributed by atoms with Crippen LogP contribution in [0.25, 0.3) is 0 Å². The first-order chi connectivity index (χ1) is 10.2. The van der Waals surface area contributed by atoms with Gasteiger partial charge in [0.2, 0.25) is 12.3 Å². The molecule has 0 N–H and O–H groups in total. The molecule has 3 saturated heterocycles. The maximum absolute atomic E-state index is 12.3. The lowest BCUT2D eigenvalue weighted by Crippen LogP contribution is -2.39. The van der Waals surface area contributed by atoms with Gasteiger partial charge in [0.05, 0.1) is 7.11 Å². The van der Waals surface area contributed by atoms with Gasteiger partial charge in [-0.15, -0.1) is 0 Å². The highest BCUT2D eigenvalue weighted by Crippen LogP contribution is 2.45. The summed E-state index contributed by atoms with van der Waals surface area (Å²) in [5.74, 6) is -0.376. The fraction of sp³-hybridized carbons (Fsp3) is 0.467. The molecule has 0 saturated carbocycles. The first kappa shape index (κ1) is 14.0. The number of amides is 1. The number of hydrogen-bond acceptors (Lipinski definition) is 5. The minimum Gasteiger partial charge on any atom is -0.469 e. The number of hydrogen-bond donors (Lipinski definition) is 0. The van der Waals surface area contributed by atoms with Crippen molar-refractivity contribution < 1.29 is 23.8 Å². The average Bonchev–Trinajstić information content (AvgIpc) is 3.03.